The topological polar surface area (TPSA) is 62.6 Å². The number of hydrogen-bond donors (Lipinski definition) is 0. The second-order valence-electron chi connectivity index (χ2n) is 4.58. The lowest BCUT2D eigenvalue weighted by molar-refractivity contribution is -0.138. The van der Waals surface area contributed by atoms with Gasteiger partial charge in [-0.05, 0) is 32.9 Å². The number of likely N-dealkylation sites (N-methyl/N-ethyl adjacent to an activating group) is 1. The highest BCUT2D eigenvalue weighted by Gasteiger charge is 2.33. The van der Waals surface area contributed by atoms with Crippen LogP contribution in [0.4, 0.5) is 0 Å². The Kier molecular flexibility index (Phi) is 4.38. The first-order chi connectivity index (χ1) is 8.42. The lowest BCUT2D eigenvalue weighted by Crippen LogP contribution is -2.36. The third-order valence-corrected chi connectivity index (χ3v) is 2.82. The largest absolute Gasteiger partial charge is 0.477 e. The number of esters is 1. The molecule has 0 amide bonds. The minimum Gasteiger partial charge on any atom is -0.477 e. The van der Waals surface area contributed by atoms with Gasteiger partial charge in [0.2, 0.25) is 0 Å². The van der Waals surface area contributed by atoms with Gasteiger partial charge in [-0.2, -0.15) is 5.26 Å². The molecular weight excluding hydrogens is 232 g/mol. The van der Waals surface area contributed by atoms with Crippen LogP contribution in [-0.4, -0.2) is 36.7 Å². The molecule has 1 aliphatic rings. The molecule has 5 nitrogen and oxygen atoms in total. The van der Waals surface area contributed by atoms with Crippen LogP contribution in [0.25, 0.3) is 0 Å². The summed E-state index contributed by atoms with van der Waals surface area (Å²) in [7, 11) is 1.91. The van der Waals surface area contributed by atoms with Gasteiger partial charge in [-0.15, -0.1) is 0 Å². The summed E-state index contributed by atoms with van der Waals surface area (Å²) in [6.45, 7) is 6.62. The summed E-state index contributed by atoms with van der Waals surface area (Å²) < 4.78 is 10.3. The lowest BCUT2D eigenvalue weighted by atomic mass is 10.1. The highest BCUT2D eigenvalue weighted by Crippen LogP contribution is 2.27. The van der Waals surface area contributed by atoms with Crippen molar-refractivity contribution in [3.63, 3.8) is 0 Å². The Morgan fingerprint density at radius 2 is 2.33 bits per heavy atom. The standard InChI is InChI=1S/C13H18N2O3/c1-5-17-12(16)10(8-14)6-7-11-15(4)13(2,3)9-18-11/h6-7H,5,9H2,1-4H3. The highest BCUT2D eigenvalue weighted by molar-refractivity contribution is 5.93. The van der Waals surface area contributed by atoms with E-state index in [-0.39, 0.29) is 17.7 Å². The first-order valence-corrected chi connectivity index (χ1v) is 5.78. The van der Waals surface area contributed by atoms with E-state index in [1.54, 1.807) is 13.0 Å². The zero-order valence-corrected chi connectivity index (χ0v) is 11.2. The van der Waals surface area contributed by atoms with Gasteiger partial charge in [0, 0.05) is 7.05 Å². The molecule has 1 heterocycles. The fourth-order valence-electron chi connectivity index (χ4n) is 1.42. The van der Waals surface area contributed by atoms with Gasteiger partial charge in [0.1, 0.15) is 18.2 Å². The summed E-state index contributed by atoms with van der Waals surface area (Å²) in [5.41, 5.74) is -0.123. The van der Waals surface area contributed by atoms with Crippen LogP contribution in [0.2, 0.25) is 0 Å². The van der Waals surface area contributed by atoms with Crippen molar-refractivity contribution in [1.29, 1.82) is 5.26 Å². The van der Waals surface area contributed by atoms with Crippen LogP contribution in [-0.2, 0) is 14.3 Å². The van der Waals surface area contributed by atoms with Crippen LogP contribution in [0.1, 0.15) is 20.8 Å². The molecule has 0 aromatic carbocycles. The quantitative estimate of drug-likeness (QED) is 0.432. The minimum atomic E-state index is -0.614. The summed E-state index contributed by atoms with van der Waals surface area (Å²) in [4.78, 5) is 13.4. The van der Waals surface area contributed by atoms with Gasteiger partial charge < -0.3 is 14.4 Å². The summed E-state index contributed by atoms with van der Waals surface area (Å²) >= 11 is 0. The van der Waals surface area contributed by atoms with Gasteiger partial charge in [-0.25, -0.2) is 4.79 Å². The molecule has 1 fully saturated rings. The summed E-state index contributed by atoms with van der Waals surface area (Å²) in [6.07, 6.45) is 3.04. The van der Waals surface area contributed by atoms with Crippen molar-refractivity contribution >= 4 is 5.97 Å². The first-order valence-electron chi connectivity index (χ1n) is 5.78. The SMILES string of the molecule is CCOC(=O)C(C#N)=CC=C1OCC(C)(C)N1C. The van der Waals surface area contributed by atoms with Gasteiger partial charge in [0.25, 0.3) is 0 Å². The Balaban J connectivity index is 2.85. The van der Waals surface area contributed by atoms with Crippen molar-refractivity contribution in [2.45, 2.75) is 26.3 Å². The maximum atomic E-state index is 11.4. The molecule has 0 atom stereocenters. The molecule has 0 radical (unpaired) electrons. The van der Waals surface area contributed by atoms with Gasteiger partial charge in [-0.3, -0.25) is 0 Å². The van der Waals surface area contributed by atoms with Crippen LogP contribution >= 0.6 is 0 Å². The van der Waals surface area contributed by atoms with Crippen LogP contribution in [0.3, 0.4) is 0 Å². The molecule has 1 aliphatic heterocycles. The number of ether oxygens (including phenoxy) is 2. The van der Waals surface area contributed by atoms with Crippen LogP contribution in [0, 0.1) is 11.3 Å². The molecule has 0 bridgehead atoms. The lowest BCUT2D eigenvalue weighted by Gasteiger charge is -2.25. The molecule has 18 heavy (non-hydrogen) atoms. The molecule has 98 valence electrons. The number of carbonyl (C=O) groups excluding carboxylic acids is 1. The van der Waals surface area contributed by atoms with Gasteiger partial charge in [0.05, 0.1) is 12.1 Å². The van der Waals surface area contributed by atoms with Crippen molar-refractivity contribution in [1.82, 2.24) is 4.90 Å². The molecule has 5 heteroatoms. The predicted molar refractivity (Wildman–Crippen MR) is 66.2 cm³/mol. The number of nitrogens with zero attached hydrogens (tertiary/aromatic N) is 2. The number of hydrogen-bond acceptors (Lipinski definition) is 5. The minimum absolute atomic E-state index is 0.0361. The fourth-order valence-corrected chi connectivity index (χ4v) is 1.42. The molecule has 0 N–H and O–H groups in total. The van der Waals surface area contributed by atoms with Crippen molar-refractivity contribution in [3.05, 3.63) is 23.6 Å². The molecule has 0 aromatic heterocycles. The summed E-state index contributed by atoms with van der Waals surface area (Å²) in [5, 5.41) is 8.86. The Hall–Kier alpha value is -1.96. The van der Waals surface area contributed by atoms with Crippen LogP contribution < -0.4 is 0 Å². The number of nitriles is 1. The van der Waals surface area contributed by atoms with E-state index in [1.165, 1.54) is 6.08 Å². The number of rotatable bonds is 3. The highest BCUT2D eigenvalue weighted by atomic mass is 16.5. The van der Waals surface area contributed by atoms with Crippen molar-refractivity contribution in [2.75, 3.05) is 20.3 Å². The molecule has 0 aromatic rings. The molecule has 0 unspecified atom stereocenters. The maximum Gasteiger partial charge on any atom is 0.348 e. The molecule has 0 saturated carbocycles. The zero-order valence-electron chi connectivity index (χ0n) is 11.2. The van der Waals surface area contributed by atoms with Crippen LogP contribution in [0.15, 0.2) is 23.6 Å². The van der Waals surface area contributed by atoms with E-state index in [0.717, 1.165) is 0 Å². The van der Waals surface area contributed by atoms with E-state index < -0.39 is 5.97 Å². The summed E-state index contributed by atoms with van der Waals surface area (Å²) in [5.74, 6) is 0.0220. The molecule has 1 saturated heterocycles. The summed E-state index contributed by atoms with van der Waals surface area (Å²) in [6, 6.07) is 1.81. The van der Waals surface area contributed by atoms with E-state index >= 15 is 0 Å². The second-order valence-corrected chi connectivity index (χ2v) is 4.58. The third-order valence-electron chi connectivity index (χ3n) is 2.82. The zero-order chi connectivity index (χ0) is 13.8. The average molecular weight is 250 g/mol. The van der Waals surface area contributed by atoms with Crippen LogP contribution in [0.5, 0.6) is 0 Å². The Labute approximate surface area is 107 Å². The number of carbonyl (C=O) groups is 1. The molecule has 1 rings (SSSR count). The normalized spacial score (nSPS) is 20.5. The van der Waals surface area contributed by atoms with E-state index in [4.69, 9.17) is 14.7 Å². The third kappa shape index (κ3) is 3.04. The van der Waals surface area contributed by atoms with Gasteiger partial charge in [0.15, 0.2) is 5.88 Å². The van der Waals surface area contributed by atoms with E-state index in [0.29, 0.717) is 12.5 Å². The first kappa shape index (κ1) is 14.1. The Morgan fingerprint density at radius 1 is 1.67 bits per heavy atom. The monoisotopic (exact) mass is 250 g/mol. The van der Waals surface area contributed by atoms with E-state index in [9.17, 15) is 4.79 Å². The number of allylic oxidation sites excluding steroid dienone is 2. The van der Waals surface area contributed by atoms with Crippen molar-refractivity contribution < 1.29 is 14.3 Å². The predicted octanol–water partition coefficient (Wildman–Crippen LogP) is 1.58. The second kappa shape index (κ2) is 5.58. The molecular formula is C13H18N2O3. The van der Waals surface area contributed by atoms with Gasteiger partial charge >= 0.3 is 5.97 Å². The van der Waals surface area contributed by atoms with Crippen molar-refractivity contribution in [3.8, 4) is 6.07 Å². The Bertz CT molecular complexity index is 430. The maximum absolute atomic E-state index is 11.4. The molecule has 0 spiro atoms. The van der Waals surface area contributed by atoms with Crippen molar-refractivity contribution in [2.24, 2.45) is 0 Å². The molecule has 0 aliphatic carbocycles. The fraction of sp³-hybridized carbons (Fsp3) is 0.538. The smallest absolute Gasteiger partial charge is 0.348 e. The van der Waals surface area contributed by atoms with E-state index in [1.807, 2.05) is 31.9 Å². The average Bonchev–Trinajstić information content (AvgIpc) is 2.57. The Morgan fingerprint density at radius 3 is 2.78 bits per heavy atom. The van der Waals surface area contributed by atoms with Gasteiger partial charge in [-0.1, -0.05) is 0 Å². The van der Waals surface area contributed by atoms with E-state index in [2.05, 4.69) is 0 Å².